The van der Waals surface area contributed by atoms with E-state index in [-0.39, 0.29) is 17.8 Å². The van der Waals surface area contributed by atoms with E-state index in [4.69, 9.17) is 18.0 Å². The molecule has 2 N–H and O–H groups in total. The van der Waals surface area contributed by atoms with Gasteiger partial charge in [-0.3, -0.25) is 14.9 Å². The predicted molar refractivity (Wildman–Crippen MR) is 93.0 cm³/mol. The van der Waals surface area contributed by atoms with Crippen molar-refractivity contribution in [3.63, 3.8) is 0 Å². The van der Waals surface area contributed by atoms with E-state index in [0.29, 0.717) is 17.3 Å². The number of carbonyl (C=O) groups is 1. The third-order valence-electron chi connectivity index (χ3n) is 3.23. The van der Waals surface area contributed by atoms with Gasteiger partial charge in [0.15, 0.2) is 0 Å². The van der Waals surface area contributed by atoms with E-state index >= 15 is 0 Å². The zero-order valence-electron chi connectivity index (χ0n) is 12.6. The van der Waals surface area contributed by atoms with Crippen LogP contribution in [0.4, 0.5) is 11.4 Å². The monoisotopic (exact) mass is 343 g/mol. The van der Waals surface area contributed by atoms with Gasteiger partial charge in [0.05, 0.1) is 11.5 Å². The van der Waals surface area contributed by atoms with Crippen LogP contribution in [0.1, 0.15) is 15.9 Å². The van der Waals surface area contributed by atoms with Crippen LogP contribution in [-0.2, 0) is 6.54 Å². The van der Waals surface area contributed by atoms with Crippen LogP contribution in [0.3, 0.4) is 0 Å². The number of nitro benzene ring substituents is 1. The summed E-state index contributed by atoms with van der Waals surface area (Å²) >= 11 is 6.07. The summed E-state index contributed by atoms with van der Waals surface area (Å²) in [6.45, 7) is 0.377. The summed E-state index contributed by atoms with van der Waals surface area (Å²) in [6, 6.07) is 11.4. The molecule has 7 heteroatoms. The lowest BCUT2D eigenvalue weighted by Crippen LogP contribution is -2.23. The SMILES string of the molecule is C#CCNC(=O)c1ccc(NCc2ccccc2Cl)c([N+](=O)[O-])c1. The van der Waals surface area contributed by atoms with Crippen molar-refractivity contribution in [1.29, 1.82) is 0 Å². The van der Waals surface area contributed by atoms with Gasteiger partial charge in [-0.1, -0.05) is 35.7 Å². The lowest BCUT2D eigenvalue weighted by atomic mass is 10.1. The number of carbonyl (C=O) groups excluding carboxylic acids is 1. The number of nitrogens with one attached hydrogen (secondary N) is 2. The van der Waals surface area contributed by atoms with Crippen molar-refractivity contribution in [2.24, 2.45) is 0 Å². The van der Waals surface area contributed by atoms with Crippen LogP contribution in [0.25, 0.3) is 0 Å². The number of rotatable bonds is 6. The van der Waals surface area contributed by atoms with Crippen molar-refractivity contribution < 1.29 is 9.72 Å². The van der Waals surface area contributed by atoms with Gasteiger partial charge in [0.1, 0.15) is 5.69 Å². The van der Waals surface area contributed by atoms with Crippen molar-refractivity contribution >= 4 is 28.9 Å². The van der Waals surface area contributed by atoms with E-state index in [2.05, 4.69) is 16.6 Å². The second-order valence-electron chi connectivity index (χ2n) is 4.82. The highest BCUT2D eigenvalue weighted by molar-refractivity contribution is 6.31. The van der Waals surface area contributed by atoms with Crippen molar-refractivity contribution in [3.8, 4) is 12.3 Å². The fourth-order valence-electron chi connectivity index (χ4n) is 2.04. The maximum absolute atomic E-state index is 11.8. The van der Waals surface area contributed by atoms with Crippen LogP contribution in [-0.4, -0.2) is 17.4 Å². The van der Waals surface area contributed by atoms with E-state index in [9.17, 15) is 14.9 Å². The first-order chi connectivity index (χ1) is 11.5. The molecule has 2 aromatic rings. The Bertz CT molecular complexity index is 815. The Balaban J connectivity index is 2.21. The Labute approximate surface area is 144 Å². The standard InChI is InChI=1S/C17H14ClN3O3/c1-2-9-19-17(22)12-7-8-15(16(10-12)21(23)24)20-11-13-5-3-4-6-14(13)18/h1,3-8,10,20H,9,11H2,(H,19,22). The minimum absolute atomic E-state index is 0.0547. The minimum Gasteiger partial charge on any atom is -0.375 e. The molecule has 122 valence electrons. The number of halogens is 1. The van der Waals surface area contributed by atoms with Crippen LogP contribution >= 0.6 is 11.6 Å². The van der Waals surface area contributed by atoms with Crippen LogP contribution in [0.2, 0.25) is 5.02 Å². The predicted octanol–water partition coefficient (Wildman–Crippen LogP) is 3.22. The largest absolute Gasteiger partial charge is 0.375 e. The minimum atomic E-state index is -0.549. The second-order valence-corrected chi connectivity index (χ2v) is 5.23. The van der Waals surface area contributed by atoms with E-state index in [1.165, 1.54) is 18.2 Å². The quantitative estimate of drug-likeness (QED) is 0.479. The highest BCUT2D eigenvalue weighted by atomic mass is 35.5. The summed E-state index contributed by atoms with van der Waals surface area (Å²) in [5, 5.41) is 17.3. The van der Waals surface area contributed by atoms with E-state index in [1.54, 1.807) is 12.1 Å². The lowest BCUT2D eigenvalue weighted by molar-refractivity contribution is -0.384. The molecule has 1 amide bonds. The maximum Gasteiger partial charge on any atom is 0.293 e. The molecule has 0 spiro atoms. The molecule has 0 unspecified atom stereocenters. The molecule has 6 nitrogen and oxygen atoms in total. The number of nitro groups is 1. The number of anilines is 1. The summed E-state index contributed by atoms with van der Waals surface area (Å²) in [6.07, 6.45) is 5.07. The van der Waals surface area contributed by atoms with Gasteiger partial charge in [-0.2, -0.15) is 0 Å². The molecule has 0 fully saturated rings. The average Bonchev–Trinajstić information content (AvgIpc) is 2.58. The average molecular weight is 344 g/mol. The topological polar surface area (TPSA) is 84.3 Å². The Morgan fingerprint density at radius 1 is 1.29 bits per heavy atom. The van der Waals surface area contributed by atoms with E-state index in [1.807, 2.05) is 12.1 Å². The van der Waals surface area contributed by atoms with Crippen molar-refractivity contribution in [2.45, 2.75) is 6.54 Å². The van der Waals surface area contributed by atoms with Crippen molar-refractivity contribution in [1.82, 2.24) is 5.32 Å². The smallest absolute Gasteiger partial charge is 0.293 e. The zero-order chi connectivity index (χ0) is 17.5. The second kappa shape index (κ2) is 7.99. The maximum atomic E-state index is 11.8. The zero-order valence-corrected chi connectivity index (χ0v) is 13.3. The number of terminal acetylenes is 1. The lowest BCUT2D eigenvalue weighted by Gasteiger charge is -2.10. The first-order valence-electron chi connectivity index (χ1n) is 7.00. The summed E-state index contributed by atoms with van der Waals surface area (Å²) in [5.74, 6) is 1.81. The summed E-state index contributed by atoms with van der Waals surface area (Å²) < 4.78 is 0. The van der Waals surface area contributed by atoms with E-state index in [0.717, 1.165) is 5.56 Å². The van der Waals surface area contributed by atoms with Gasteiger partial charge in [0.2, 0.25) is 0 Å². The van der Waals surface area contributed by atoms with Gasteiger partial charge in [-0.05, 0) is 23.8 Å². The number of benzene rings is 2. The molecule has 24 heavy (non-hydrogen) atoms. The molecule has 0 bridgehead atoms. The number of hydrogen-bond acceptors (Lipinski definition) is 4. The van der Waals surface area contributed by atoms with Gasteiger partial charge in [0, 0.05) is 23.2 Å². The van der Waals surface area contributed by atoms with Crippen LogP contribution in [0.5, 0.6) is 0 Å². The first kappa shape index (κ1) is 17.3. The third kappa shape index (κ3) is 4.24. The molecular weight excluding hydrogens is 330 g/mol. The molecule has 0 aliphatic heterocycles. The van der Waals surface area contributed by atoms with Gasteiger partial charge in [0.25, 0.3) is 11.6 Å². The molecule has 2 rings (SSSR count). The Morgan fingerprint density at radius 3 is 2.71 bits per heavy atom. The fraction of sp³-hybridized carbons (Fsp3) is 0.118. The van der Waals surface area contributed by atoms with Crippen molar-refractivity contribution in [3.05, 3.63) is 68.7 Å². The third-order valence-corrected chi connectivity index (χ3v) is 3.60. The summed E-state index contributed by atoms with van der Waals surface area (Å²) in [7, 11) is 0. The Morgan fingerprint density at radius 2 is 2.04 bits per heavy atom. The van der Waals surface area contributed by atoms with Crippen LogP contribution in [0, 0.1) is 22.5 Å². The Hall–Kier alpha value is -3.04. The number of hydrogen-bond donors (Lipinski definition) is 2. The summed E-state index contributed by atoms with van der Waals surface area (Å²) in [5.41, 5.74) is 1.08. The van der Waals surface area contributed by atoms with Gasteiger partial charge in [-0.15, -0.1) is 6.42 Å². The highest BCUT2D eigenvalue weighted by Gasteiger charge is 2.17. The van der Waals surface area contributed by atoms with Crippen LogP contribution in [0.15, 0.2) is 42.5 Å². The molecule has 0 saturated heterocycles. The molecule has 0 aliphatic carbocycles. The van der Waals surface area contributed by atoms with Crippen molar-refractivity contribution in [2.75, 3.05) is 11.9 Å². The first-order valence-corrected chi connectivity index (χ1v) is 7.38. The molecule has 0 aliphatic rings. The molecular formula is C17H14ClN3O3. The van der Waals surface area contributed by atoms with Gasteiger partial charge in [-0.25, -0.2) is 0 Å². The number of nitrogens with zero attached hydrogens (tertiary/aromatic N) is 1. The van der Waals surface area contributed by atoms with E-state index < -0.39 is 10.8 Å². The number of amides is 1. The molecule has 0 atom stereocenters. The molecule has 0 aromatic heterocycles. The summed E-state index contributed by atoms with van der Waals surface area (Å²) in [4.78, 5) is 22.6. The van der Waals surface area contributed by atoms with Gasteiger partial charge >= 0.3 is 0 Å². The molecule has 0 radical (unpaired) electrons. The molecule has 0 saturated carbocycles. The van der Waals surface area contributed by atoms with Crippen LogP contribution < -0.4 is 10.6 Å². The van der Waals surface area contributed by atoms with Gasteiger partial charge < -0.3 is 10.6 Å². The Kier molecular flexibility index (Phi) is 5.77. The molecule has 0 heterocycles. The normalized spacial score (nSPS) is 9.83. The highest BCUT2D eigenvalue weighted by Crippen LogP contribution is 2.27. The fourth-order valence-corrected chi connectivity index (χ4v) is 2.24. The molecule has 2 aromatic carbocycles.